The number of sulfone groups is 1. The van der Waals surface area contributed by atoms with Gasteiger partial charge in [-0.25, -0.2) is 8.42 Å². The fourth-order valence-corrected chi connectivity index (χ4v) is 1.31. The van der Waals surface area contributed by atoms with Crippen molar-refractivity contribution in [2.45, 2.75) is 0 Å². The molecule has 0 saturated heterocycles. The summed E-state index contributed by atoms with van der Waals surface area (Å²) >= 11 is 0. The molecule has 0 aromatic rings. The zero-order chi connectivity index (χ0) is 6.04. The largest absolute Gasteiger partial charge is 0.224 e. The van der Waals surface area contributed by atoms with Gasteiger partial charge in [0, 0.05) is 5.41 Å². The topological polar surface area (TPSA) is 34.1 Å². The summed E-state index contributed by atoms with van der Waals surface area (Å²) in [6.45, 7) is 0. The fraction of sp³-hybridized carbons (Fsp3) is 0.200. The van der Waals surface area contributed by atoms with Crippen molar-refractivity contribution in [1.29, 1.82) is 0 Å². The molecule has 8 heavy (non-hydrogen) atoms. The second kappa shape index (κ2) is 1.74. The van der Waals surface area contributed by atoms with E-state index in [4.69, 9.17) is 0 Å². The van der Waals surface area contributed by atoms with Crippen molar-refractivity contribution in [2.24, 2.45) is 0 Å². The van der Waals surface area contributed by atoms with Crippen LogP contribution >= 0.6 is 0 Å². The van der Waals surface area contributed by atoms with Crippen LogP contribution in [-0.2, 0) is 9.84 Å². The van der Waals surface area contributed by atoms with E-state index in [9.17, 15) is 8.42 Å². The third-order valence-electron chi connectivity index (χ3n) is 0.862. The zero-order valence-electron chi connectivity index (χ0n) is 4.24. The minimum Gasteiger partial charge on any atom is -0.224 e. The average molecular weight is 130 g/mol. The minimum atomic E-state index is -2.85. The lowest BCUT2D eigenvalue weighted by Crippen LogP contribution is -2.00. The molecular formula is C5H6O2S. The molecule has 44 valence electrons. The van der Waals surface area contributed by atoms with Gasteiger partial charge in [0.2, 0.25) is 0 Å². The molecule has 0 fully saturated rings. The van der Waals surface area contributed by atoms with Crippen molar-refractivity contribution in [3.63, 3.8) is 0 Å². The van der Waals surface area contributed by atoms with Crippen molar-refractivity contribution in [2.75, 3.05) is 5.75 Å². The molecule has 3 heteroatoms. The first kappa shape index (κ1) is 5.56. The maximum Gasteiger partial charge on any atom is 0.175 e. The summed E-state index contributed by atoms with van der Waals surface area (Å²) in [5, 5.41) is 1.22. The first-order valence-electron chi connectivity index (χ1n) is 2.27. The van der Waals surface area contributed by atoms with Crippen molar-refractivity contribution in [3.8, 4) is 0 Å². The summed E-state index contributed by atoms with van der Waals surface area (Å²) in [4.78, 5) is 0. The van der Waals surface area contributed by atoms with Crippen LogP contribution in [-0.4, -0.2) is 14.2 Å². The van der Waals surface area contributed by atoms with Crippen LogP contribution in [0.4, 0.5) is 0 Å². The molecule has 0 N–H and O–H groups in total. The van der Waals surface area contributed by atoms with E-state index in [1.54, 1.807) is 12.2 Å². The third kappa shape index (κ3) is 1.20. The summed E-state index contributed by atoms with van der Waals surface area (Å²) in [5.74, 6) is 0.156. The molecule has 0 aromatic heterocycles. The average Bonchev–Trinajstić information content (AvgIpc) is 1.65. The normalized spacial score (nSPS) is 23.5. The summed E-state index contributed by atoms with van der Waals surface area (Å²) in [7, 11) is -2.85. The van der Waals surface area contributed by atoms with Crippen LogP contribution < -0.4 is 0 Å². The van der Waals surface area contributed by atoms with Crippen LogP contribution in [0.1, 0.15) is 0 Å². The monoisotopic (exact) mass is 130 g/mol. The molecule has 1 aliphatic rings. The van der Waals surface area contributed by atoms with E-state index in [1.165, 1.54) is 11.5 Å². The van der Waals surface area contributed by atoms with Crippen LogP contribution in [0.25, 0.3) is 0 Å². The second-order valence-corrected chi connectivity index (χ2v) is 3.52. The standard InChI is InChI=1S/C5H6O2S/c6-8(7)4-2-1-3-5-8/h1-4H,5H2. The number of hydrogen-bond donors (Lipinski definition) is 0. The van der Waals surface area contributed by atoms with Crippen molar-refractivity contribution < 1.29 is 8.42 Å². The molecule has 1 rings (SSSR count). The highest BCUT2D eigenvalue weighted by atomic mass is 32.2. The Morgan fingerprint density at radius 2 is 2.00 bits per heavy atom. The first-order valence-corrected chi connectivity index (χ1v) is 3.98. The molecule has 1 heterocycles. The van der Waals surface area contributed by atoms with Crippen molar-refractivity contribution >= 4 is 9.84 Å². The van der Waals surface area contributed by atoms with Crippen molar-refractivity contribution in [3.05, 3.63) is 23.6 Å². The van der Waals surface area contributed by atoms with Crippen LogP contribution in [0.5, 0.6) is 0 Å². The molecule has 0 bridgehead atoms. The Balaban J connectivity index is 2.98. The van der Waals surface area contributed by atoms with Crippen LogP contribution in [0.3, 0.4) is 0 Å². The summed E-state index contributed by atoms with van der Waals surface area (Å²) in [6.07, 6.45) is 4.87. The fourth-order valence-electron chi connectivity index (χ4n) is 0.489. The SMILES string of the molecule is O=S1(=O)C=CC=CC1. The Kier molecular flexibility index (Phi) is 1.21. The molecule has 0 unspecified atom stereocenters. The van der Waals surface area contributed by atoms with Crippen LogP contribution in [0.2, 0.25) is 0 Å². The molecule has 1 aliphatic heterocycles. The Hall–Kier alpha value is -0.570. The van der Waals surface area contributed by atoms with E-state index < -0.39 is 9.84 Å². The third-order valence-corrected chi connectivity index (χ3v) is 2.09. The molecule has 0 aromatic carbocycles. The van der Waals surface area contributed by atoms with Gasteiger partial charge in [-0.3, -0.25) is 0 Å². The van der Waals surface area contributed by atoms with E-state index >= 15 is 0 Å². The summed E-state index contributed by atoms with van der Waals surface area (Å²) in [6, 6.07) is 0. The molecule has 0 atom stereocenters. The number of allylic oxidation sites excluding steroid dienone is 2. The zero-order valence-corrected chi connectivity index (χ0v) is 5.06. The number of hydrogen-bond acceptors (Lipinski definition) is 2. The van der Waals surface area contributed by atoms with Gasteiger partial charge < -0.3 is 0 Å². The number of rotatable bonds is 0. The van der Waals surface area contributed by atoms with Gasteiger partial charge in [-0.2, -0.15) is 0 Å². The smallest absolute Gasteiger partial charge is 0.175 e. The van der Waals surface area contributed by atoms with E-state index in [-0.39, 0.29) is 5.75 Å². The molecule has 0 amide bonds. The molecule has 0 spiro atoms. The highest BCUT2D eigenvalue weighted by Gasteiger charge is 2.02. The maximum absolute atomic E-state index is 10.5. The molecule has 0 aliphatic carbocycles. The summed E-state index contributed by atoms with van der Waals surface area (Å²) < 4.78 is 21.0. The predicted molar refractivity (Wildman–Crippen MR) is 32.1 cm³/mol. The molecule has 0 saturated carbocycles. The predicted octanol–water partition coefficient (Wildman–Crippen LogP) is 0.485. The van der Waals surface area contributed by atoms with Gasteiger partial charge in [-0.15, -0.1) is 0 Å². The summed E-state index contributed by atoms with van der Waals surface area (Å²) in [5.41, 5.74) is 0. The van der Waals surface area contributed by atoms with Crippen LogP contribution in [0, 0.1) is 0 Å². The molecular weight excluding hydrogens is 124 g/mol. The van der Waals surface area contributed by atoms with Gasteiger partial charge in [-0.1, -0.05) is 18.2 Å². The van der Waals surface area contributed by atoms with E-state index in [0.29, 0.717) is 0 Å². The Labute approximate surface area is 48.4 Å². The lowest BCUT2D eigenvalue weighted by Gasteiger charge is -1.93. The van der Waals surface area contributed by atoms with Gasteiger partial charge in [0.15, 0.2) is 9.84 Å². The van der Waals surface area contributed by atoms with Crippen LogP contribution in [0.15, 0.2) is 23.6 Å². The van der Waals surface area contributed by atoms with Gasteiger partial charge in [0.25, 0.3) is 0 Å². The Morgan fingerprint density at radius 1 is 1.25 bits per heavy atom. The van der Waals surface area contributed by atoms with Crippen molar-refractivity contribution in [1.82, 2.24) is 0 Å². The lowest BCUT2D eigenvalue weighted by molar-refractivity contribution is 0.607. The van der Waals surface area contributed by atoms with E-state index in [2.05, 4.69) is 0 Å². The molecule has 2 nitrogen and oxygen atoms in total. The van der Waals surface area contributed by atoms with Gasteiger partial charge in [0.1, 0.15) is 0 Å². The Morgan fingerprint density at radius 3 is 2.25 bits per heavy atom. The Bertz CT molecular complexity index is 221. The first-order chi connectivity index (χ1) is 3.71. The van der Waals surface area contributed by atoms with E-state index in [1.807, 2.05) is 0 Å². The maximum atomic E-state index is 10.5. The lowest BCUT2D eigenvalue weighted by atomic mass is 10.5. The quantitative estimate of drug-likeness (QED) is 0.478. The van der Waals surface area contributed by atoms with Gasteiger partial charge >= 0.3 is 0 Å². The second-order valence-electron chi connectivity index (χ2n) is 1.59. The highest BCUT2D eigenvalue weighted by molar-refractivity contribution is 7.94. The minimum absolute atomic E-state index is 0.156. The highest BCUT2D eigenvalue weighted by Crippen LogP contribution is 1.98. The molecule has 0 radical (unpaired) electrons. The van der Waals surface area contributed by atoms with Gasteiger partial charge in [-0.05, 0) is 0 Å². The van der Waals surface area contributed by atoms with Gasteiger partial charge in [0.05, 0.1) is 5.75 Å². The van der Waals surface area contributed by atoms with E-state index in [0.717, 1.165) is 0 Å².